The predicted molar refractivity (Wildman–Crippen MR) is 120 cm³/mol. The number of thioether (sulfide) groups is 1. The summed E-state index contributed by atoms with van der Waals surface area (Å²) in [7, 11) is 0. The molecule has 1 aliphatic rings. The molecule has 1 heterocycles. The van der Waals surface area contributed by atoms with Crippen LogP contribution in [-0.4, -0.2) is 34.6 Å². The minimum absolute atomic E-state index is 0.000877. The smallest absolute Gasteiger partial charge is 0.243 e. The standard InChI is InChI=1S/C24H29FN2O2S/c1-3-8-22(28)27-21(16-30-24(27)19-11-7-12-20(25)15-19)23(29)26-17(2)13-14-18-9-5-4-6-10-18/h4-7,9-12,15,17,21,24H,3,8,13-14,16H2,1-2H3,(H,26,29)/t17-,21-,24-/m0/s1. The van der Waals surface area contributed by atoms with Crippen LogP contribution >= 0.6 is 11.8 Å². The molecular formula is C24H29FN2O2S. The molecule has 0 unspecified atom stereocenters. The second-order valence-corrected chi connectivity index (χ2v) is 8.85. The van der Waals surface area contributed by atoms with Gasteiger partial charge in [-0.05, 0) is 49.4 Å². The molecule has 0 spiro atoms. The van der Waals surface area contributed by atoms with Gasteiger partial charge in [-0.1, -0.05) is 49.4 Å². The van der Waals surface area contributed by atoms with Crippen molar-refractivity contribution in [3.8, 4) is 0 Å². The molecular weight excluding hydrogens is 399 g/mol. The highest BCUT2D eigenvalue weighted by Gasteiger charge is 2.42. The molecule has 0 bridgehead atoms. The van der Waals surface area contributed by atoms with E-state index in [0.29, 0.717) is 18.6 Å². The molecule has 2 amide bonds. The van der Waals surface area contributed by atoms with Gasteiger partial charge in [-0.2, -0.15) is 0 Å². The number of carbonyl (C=O) groups excluding carboxylic acids is 2. The molecule has 6 heteroatoms. The van der Waals surface area contributed by atoms with Crippen LogP contribution in [0.5, 0.6) is 0 Å². The zero-order chi connectivity index (χ0) is 21.5. The maximum absolute atomic E-state index is 13.8. The van der Waals surface area contributed by atoms with Gasteiger partial charge in [0.25, 0.3) is 0 Å². The van der Waals surface area contributed by atoms with Gasteiger partial charge in [0.05, 0.1) is 0 Å². The van der Waals surface area contributed by atoms with E-state index in [2.05, 4.69) is 17.4 Å². The van der Waals surface area contributed by atoms with E-state index in [1.807, 2.05) is 38.1 Å². The van der Waals surface area contributed by atoms with Gasteiger partial charge in [0.1, 0.15) is 17.2 Å². The van der Waals surface area contributed by atoms with E-state index in [4.69, 9.17) is 0 Å². The molecule has 30 heavy (non-hydrogen) atoms. The van der Waals surface area contributed by atoms with Gasteiger partial charge in [0.15, 0.2) is 0 Å². The molecule has 0 saturated carbocycles. The molecule has 3 rings (SSSR count). The van der Waals surface area contributed by atoms with Gasteiger partial charge in [-0.3, -0.25) is 9.59 Å². The highest BCUT2D eigenvalue weighted by atomic mass is 32.2. The van der Waals surface area contributed by atoms with Crippen molar-refractivity contribution >= 4 is 23.6 Å². The lowest BCUT2D eigenvalue weighted by Crippen LogP contribution is -2.50. The Hall–Kier alpha value is -2.34. The van der Waals surface area contributed by atoms with Crippen LogP contribution < -0.4 is 5.32 Å². The summed E-state index contributed by atoms with van der Waals surface area (Å²) in [5.74, 6) is -0.0212. The Morgan fingerprint density at radius 3 is 2.67 bits per heavy atom. The number of hydrogen-bond donors (Lipinski definition) is 1. The summed E-state index contributed by atoms with van der Waals surface area (Å²) in [6, 6.07) is 15.9. The summed E-state index contributed by atoms with van der Waals surface area (Å²) in [4.78, 5) is 27.6. The Labute approximate surface area is 182 Å². The van der Waals surface area contributed by atoms with Crippen molar-refractivity contribution in [3.05, 3.63) is 71.5 Å². The van der Waals surface area contributed by atoms with Crippen LogP contribution in [0.2, 0.25) is 0 Å². The normalized spacial score (nSPS) is 19.5. The third-order valence-electron chi connectivity index (χ3n) is 5.29. The van der Waals surface area contributed by atoms with E-state index in [0.717, 1.165) is 18.4 Å². The van der Waals surface area contributed by atoms with Crippen molar-refractivity contribution in [2.45, 2.75) is 57.0 Å². The molecule has 4 nitrogen and oxygen atoms in total. The molecule has 1 N–H and O–H groups in total. The largest absolute Gasteiger partial charge is 0.352 e. The molecule has 0 radical (unpaired) electrons. The number of rotatable bonds is 8. The summed E-state index contributed by atoms with van der Waals surface area (Å²) in [5.41, 5.74) is 1.96. The number of halogens is 1. The number of amides is 2. The van der Waals surface area contributed by atoms with Gasteiger partial charge >= 0.3 is 0 Å². The summed E-state index contributed by atoms with van der Waals surface area (Å²) in [6.45, 7) is 3.93. The third kappa shape index (κ3) is 5.63. The number of carbonyl (C=O) groups is 2. The molecule has 160 valence electrons. The van der Waals surface area contributed by atoms with Crippen LogP contribution in [0.4, 0.5) is 4.39 Å². The Bertz CT molecular complexity index is 861. The number of aryl methyl sites for hydroxylation is 1. The molecule has 2 aromatic carbocycles. The fraction of sp³-hybridized carbons (Fsp3) is 0.417. The van der Waals surface area contributed by atoms with E-state index in [1.54, 1.807) is 11.0 Å². The van der Waals surface area contributed by atoms with Crippen LogP contribution in [0.15, 0.2) is 54.6 Å². The Morgan fingerprint density at radius 1 is 1.20 bits per heavy atom. The van der Waals surface area contributed by atoms with Crippen LogP contribution in [0.3, 0.4) is 0 Å². The Morgan fingerprint density at radius 2 is 1.97 bits per heavy atom. The summed E-state index contributed by atoms with van der Waals surface area (Å²) < 4.78 is 13.8. The van der Waals surface area contributed by atoms with Crippen LogP contribution in [0.1, 0.15) is 49.6 Å². The van der Waals surface area contributed by atoms with Crippen molar-refractivity contribution < 1.29 is 14.0 Å². The fourth-order valence-corrected chi connectivity index (χ4v) is 5.15. The average molecular weight is 429 g/mol. The summed E-state index contributed by atoms with van der Waals surface area (Å²) in [6.07, 6.45) is 2.79. The minimum atomic E-state index is -0.540. The lowest BCUT2D eigenvalue weighted by Gasteiger charge is -2.30. The molecule has 2 aromatic rings. The molecule has 0 aromatic heterocycles. The topological polar surface area (TPSA) is 49.4 Å². The van der Waals surface area contributed by atoms with Gasteiger partial charge in [0, 0.05) is 18.2 Å². The average Bonchev–Trinajstić information content (AvgIpc) is 3.19. The molecule has 3 atom stereocenters. The van der Waals surface area contributed by atoms with Gasteiger partial charge < -0.3 is 10.2 Å². The van der Waals surface area contributed by atoms with E-state index in [1.165, 1.54) is 29.5 Å². The van der Waals surface area contributed by atoms with Crippen LogP contribution in [0, 0.1) is 5.82 Å². The fourth-order valence-electron chi connectivity index (χ4n) is 3.71. The highest BCUT2D eigenvalue weighted by molar-refractivity contribution is 7.99. The van der Waals surface area contributed by atoms with Crippen molar-refractivity contribution in [2.24, 2.45) is 0 Å². The van der Waals surface area contributed by atoms with Crippen molar-refractivity contribution in [1.82, 2.24) is 10.2 Å². The van der Waals surface area contributed by atoms with E-state index in [9.17, 15) is 14.0 Å². The van der Waals surface area contributed by atoms with E-state index >= 15 is 0 Å². The first-order valence-corrected chi connectivity index (χ1v) is 11.6. The lowest BCUT2D eigenvalue weighted by atomic mass is 10.1. The van der Waals surface area contributed by atoms with Crippen molar-refractivity contribution in [2.75, 3.05) is 5.75 Å². The van der Waals surface area contributed by atoms with Crippen LogP contribution in [-0.2, 0) is 16.0 Å². The number of nitrogens with one attached hydrogen (secondary N) is 1. The summed E-state index contributed by atoms with van der Waals surface area (Å²) >= 11 is 1.52. The summed E-state index contributed by atoms with van der Waals surface area (Å²) in [5, 5.41) is 2.74. The van der Waals surface area contributed by atoms with Gasteiger partial charge in [-0.15, -0.1) is 11.8 Å². The number of benzene rings is 2. The number of hydrogen-bond acceptors (Lipinski definition) is 3. The first-order valence-electron chi connectivity index (χ1n) is 10.5. The predicted octanol–water partition coefficient (Wildman–Crippen LogP) is 4.71. The zero-order valence-corrected chi connectivity index (χ0v) is 18.3. The minimum Gasteiger partial charge on any atom is -0.352 e. The molecule has 1 aliphatic heterocycles. The quantitative estimate of drug-likeness (QED) is 0.663. The zero-order valence-electron chi connectivity index (χ0n) is 17.5. The Balaban J connectivity index is 1.67. The SMILES string of the molecule is CCCC(=O)N1[C@H](C(=O)N[C@@H](C)CCc2ccccc2)CS[C@H]1c1cccc(F)c1. The second kappa shape index (κ2) is 10.6. The van der Waals surface area contributed by atoms with Gasteiger partial charge in [0.2, 0.25) is 11.8 Å². The van der Waals surface area contributed by atoms with Crippen LogP contribution in [0.25, 0.3) is 0 Å². The highest BCUT2D eigenvalue weighted by Crippen LogP contribution is 2.42. The van der Waals surface area contributed by atoms with E-state index < -0.39 is 6.04 Å². The monoisotopic (exact) mass is 428 g/mol. The second-order valence-electron chi connectivity index (χ2n) is 7.74. The Kier molecular flexibility index (Phi) is 7.91. The number of nitrogens with zero attached hydrogens (tertiary/aromatic N) is 1. The first kappa shape index (κ1) is 22.3. The van der Waals surface area contributed by atoms with Crippen molar-refractivity contribution in [1.29, 1.82) is 0 Å². The molecule has 1 saturated heterocycles. The van der Waals surface area contributed by atoms with Crippen molar-refractivity contribution in [3.63, 3.8) is 0 Å². The maximum atomic E-state index is 13.8. The lowest BCUT2D eigenvalue weighted by molar-refractivity contribution is -0.140. The van der Waals surface area contributed by atoms with E-state index in [-0.39, 0.29) is 29.0 Å². The molecule has 0 aliphatic carbocycles. The maximum Gasteiger partial charge on any atom is 0.243 e. The first-order chi connectivity index (χ1) is 14.5. The molecule has 1 fully saturated rings. The third-order valence-corrected chi connectivity index (χ3v) is 6.61. The van der Waals surface area contributed by atoms with Gasteiger partial charge in [-0.25, -0.2) is 4.39 Å².